The van der Waals surface area contributed by atoms with Gasteiger partial charge in [-0.15, -0.1) is 0 Å². The fraction of sp³-hybridized carbons (Fsp3) is 0.875. The number of hydrogen-bond donors (Lipinski definition) is 0. The third-order valence-electron chi connectivity index (χ3n) is 2.44. The van der Waals surface area contributed by atoms with Crippen LogP contribution in [0, 0.1) is 5.92 Å². The van der Waals surface area contributed by atoms with E-state index in [2.05, 4.69) is 0 Å². The summed E-state index contributed by atoms with van der Waals surface area (Å²) >= 11 is 0. The standard InChI is InChI=1S/C8H13NO2/c1-6-5-11-7-3-2-4-9(7)8(6)10/h6-7H,2-5H2,1H3/t6-,7?/m0/s1. The Kier molecular flexibility index (Phi) is 1.60. The van der Waals surface area contributed by atoms with Crippen molar-refractivity contribution < 1.29 is 9.53 Å². The number of carbonyl (C=O) groups is 1. The first-order valence-corrected chi connectivity index (χ1v) is 4.21. The average Bonchev–Trinajstić information content (AvgIpc) is 2.45. The van der Waals surface area contributed by atoms with Gasteiger partial charge in [0.1, 0.15) is 6.23 Å². The van der Waals surface area contributed by atoms with Crippen LogP contribution in [0.1, 0.15) is 19.8 Å². The minimum Gasteiger partial charge on any atom is -0.357 e. The molecule has 0 aliphatic carbocycles. The Morgan fingerprint density at radius 1 is 1.64 bits per heavy atom. The van der Waals surface area contributed by atoms with Gasteiger partial charge in [-0.05, 0) is 12.8 Å². The molecule has 3 heteroatoms. The van der Waals surface area contributed by atoms with Crippen molar-refractivity contribution in [3.63, 3.8) is 0 Å². The summed E-state index contributed by atoms with van der Waals surface area (Å²) < 4.78 is 5.49. The lowest BCUT2D eigenvalue weighted by Crippen LogP contribution is -2.46. The number of amides is 1. The molecule has 0 spiro atoms. The molecule has 3 nitrogen and oxygen atoms in total. The van der Waals surface area contributed by atoms with Crippen LogP contribution in [0.25, 0.3) is 0 Å². The second kappa shape index (κ2) is 2.48. The van der Waals surface area contributed by atoms with Crippen LogP contribution in [0.3, 0.4) is 0 Å². The molecule has 2 heterocycles. The lowest BCUT2D eigenvalue weighted by Gasteiger charge is -2.32. The van der Waals surface area contributed by atoms with E-state index >= 15 is 0 Å². The van der Waals surface area contributed by atoms with Gasteiger partial charge in [0.2, 0.25) is 5.91 Å². The molecule has 2 atom stereocenters. The molecule has 2 fully saturated rings. The lowest BCUT2D eigenvalue weighted by atomic mass is 10.1. The van der Waals surface area contributed by atoms with E-state index in [1.165, 1.54) is 0 Å². The Morgan fingerprint density at radius 2 is 2.45 bits per heavy atom. The summed E-state index contributed by atoms with van der Waals surface area (Å²) in [5, 5.41) is 0. The molecule has 0 aromatic rings. The van der Waals surface area contributed by atoms with Crippen LogP contribution < -0.4 is 0 Å². The highest BCUT2D eigenvalue weighted by Crippen LogP contribution is 2.25. The largest absolute Gasteiger partial charge is 0.357 e. The Morgan fingerprint density at radius 3 is 3.27 bits per heavy atom. The predicted octanol–water partition coefficient (Wildman–Crippen LogP) is 0.601. The van der Waals surface area contributed by atoms with Crippen molar-refractivity contribution in [1.29, 1.82) is 0 Å². The van der Waals surface area contributed by atoms with E-state index in [9.17, 15) is 4.79 Å². The van der Waals surface area contributed by atoms with Crippen molar-refractivity contribution >= 4 is 5.91 Å². The molecule has 0 radical (unpaired) electrons. The maximum atomic E-state index is 11.5. The number of fused-ring (bicyclic) bond motifs is 1. The van der Waals surface area contributed by atoms with E-state index in [4.69, 9.17) is 4.74 Å². The molecule has 1 amide bonds. The Bertz CT molecular complexity index is 181. The first kappa shape index (κ1) is 7.10. The van der Waals surface area contributed by atoms with E-state index in [1.807, 2.05) is 11.8 Å². The lowest BCUT2D eigenvalue weighted by molar-refractivity contribution is -0.162. The molecule has 2 saturated heterocycles. The van der Waals surface area contributed by atoms with Crippen LogP contribution in [0.5, 0.6) is 0 Å². The minimum atomic E-state index is 0.0735. The third-order valence-corrected chi connectivity index (χ3v) is 2.44. The van der Waals surface area contributed by atoms with E-state index < -0.39 is 0 Å². The first-order valence-electron chi connectivity index (χ1n) is 4.21. The number of rotatable bonds is 0. The molecule has 0 N–H and O–H groups in total. The first-order chi connectivity index (χ1) is 5.29. The molecular formula is C8H13NO2. The number of nitrogens with zero attached hydrogens (tertiary/aromatic N) is 1. The van der Waals surface area contributed by atoms with E-state index in [1.54, 1.807) is 0 Å². The molecule has 2 aliphatic heterocycles. The monoisotopic (exact) mass is 155 g/mol. The smallest absolute Gasteiger partial charge is 0.229 e. The zero-order valence-electron chi connectivity index (χ0n) is 6.75. The molecule has 0 saturated carbocycles. The highest BCUT2D eigenvalue weighted by atomic mass is 16.5. The van der Waals surface area contributed by atoms with E-state index in [-0.39, 0.29) is 18.1 Å². The summed E-state index contributed by atoms with van der Waals surface area (Å²) in [5.41, 5.74) is 0. The van der Waals surface area contributed by atoms with E-state index in [0.717, 1.165) is 19.4 Å². The average molecular weight is 155 g/mol. The summed E-state index contributed by atoms with van der Waals surface area (Å²) in [5.74, 6) is 0.350. The second-order valence-corrected chi connectivity index (χ2v) is 3.36. The molecule has 62 valence electrons. The summed E-state index contributed by atoms with van der Waals surface area (Å²) in [6, 6.07) is 0. The number of hydrogen-bond acceptors (Lipinski definition) is 2. The molecule has 2 rings (SSSR count). The van der Waals surface area contributed by atoms with Crippen molar-refractivity contribution in [2.24, 2.45) is 5.92 Å². The van der Waals surface area contributed by atoms with Crippen LogP contribution in [-0.2, 0) is 9.53 Å². The van der Waals surface area contributed by atoms with Gasteiger partial charge in [-0.1, -0.05) is 6.92 Å². The van der Waals surface area contributed by atoms with Gasteiger partial charge in [-0.2, -0.15) is 0 Å². The van der Waals surface area contributed by atoms with E-state index in [0.29, 0.717) is 6.61 Å². The zero-order valence-corrected chi connectivity index (χ0v) is 6.75. The molecule has 0 aromatic carbocycles. The SMILES string of the molecule is C[C@H]1COC2CCCN2C1=O. The van der Waals surface area contributed by atoms with Crippen molar-refractivity contribution in [1.82, 2.24) is 4.90 Å². The number of ether oxygens (including phenoxy) is 1. The highest BCUT2D eigenvalue weighted by molar-refractivity contribution is 5.79. The third kappa shape index (κ3) is 1.03. The molecule has 0 bridgehead atoms. The Hall–Kier alpha value is -0.570. The fourth-order valence-electron chi connectivity index (χ4n) is 1.77. The fourth-order valence-corrected chi connectivity index (χ4v) is 1.77. The summed E-state index contributed by atoms with van der Waals surface area (Å²) in [4.78, 5) is 13.3. The second-order valence-electron chi connectivity index (χ2n) is 3.36. The van der Waals surface area contributed by atoms with Gasteiger partial charge in [0.25, 0.3) is 0 Å². The minimum absolute atomic E-state index is 0.0735. The molecule has 0 aromatic heterocycles. The van der Waals surface area contributed by atoms with Gasteiger partial charge in [0, 0.05) is 6.54 Å². The van der Waals surface area contributed by atoms with Crippen molar-refractivity contribution in [3.05, 3.63) is 0 Å². The topological polar surface area (TPSA) is 29.5 Å². The summed E-state index contributed by atoms with van der Waals surface area (Å²) in [6.45, 7) is 3.44. The van der Waals surface area contributed by atoms with Crippen LogP contribution >= 0.6 is 0 Å². The zero-order chi connectivity index (χ0) is 7.84. The molecule has 1 unspecified atom stereocenters. The van der Waals surface area contributed by atoms with Gasteiger partial charge in [0.05, 0.1) is 12.5 Å². The van der Waals surface area contributed by atoms with Gasteiger partial charge >= 0.3 is 0 Å². The maximum Gasteiger partial charge on any atom is 0.229 e. The molecule has 11 heavy (non-hydrogen) atoms. The maximum absolute atomic E-state index is 11.5. The van der Waals surface area contributed by atoms with Crippen LogP contribution in [0.4, 0.5) is 0 Å². The Labute approximate surface area is 66.3 Å². The van der Waals surface area contributed by atoms with Gasteiger partial charge in [-0.3, -0.25) is 4.79 Å². The quantitative estimate of drug-likeness (QED) is 0.512. The number of carbonyl (C=O) groups excluding carboxylic acids is 1. The van der Waals surface area contributed by atoms with Crippen LogP contribution in [0.15, 0.2) is 0 Å². The van der Waals surface area contributed by atoms with Gasteiger partial charge in [-0.25, -0.2) is 0 Å². The van der Waals surface area contributed by atoms with Gasteiger partial charge < -0.3 is 9.64 Å². The van der Waals surface area contributed by atoms with Crippen LogP contribution in [0.2, 0.25) is 0 Å². The molecular weight excluding hydrogens is 142 g/mol. The normalized spacial score (nSPS) is 37.5. The van der Waals surface area contributed by atoms with Crippen LogP contribution in [-0.4, -0.2) is 30.2 Å². The van der Waals surface area contributed by atoms with Crippen molar-refractivity contribution in [2.45, 2.75) is 26.0 Å². The Balaban J connectivity index is 2.12. The van der Waals surface area contributed by atoms with Gasteiger partial charge in [0.15, 0.2) is 0 Å². The summed E-state index contributed by atoms with van der Waals surface area (Å²) in [6.07, 6.45) is 2.24. The predicted molar refractivity (Wildman–Crippen MR) is 39.9 cm³/mol. The summed E-state index contributed by atoms with van der Waals surface area (Å²) in [7, 11) is 0. The van der Waals surface area contributed by atoms with Crippen molar-refractivity contribution in [3.8, 4) is 0 Å². The highest BCUT2D eigenvalue weighted by Gasteiger charge is 2.36. The van der Waals surface area contributed by atoms with Crippen molar-refractivity contribution in [2.75, 3.05) is 13.2 Å². The molecule has 2 aliphatic rings.